The van der Waals surface area contributed by atoms with Crippen LogP contribution in [0.5, 0.6) is 0 Å². The average molecular weight is 722 g/mol. The molecule has 0 fully saturated rings. The highest BCUT2D eigenvalue weighted by Gasteiger charge is 2.26. The standard InChI is InChI=1S/C52H39N3O/c1-2-3-12-35-13-4-7-16-39(35)31-34-23-25-38(26-24-34)50-53-51(43-30-28-37-15-6-9-18-41(37)33-43)55-52(54-50)46-21-11-22-47-48(46)45-20-10-19-44(49(45)56-47)42-29-27-36-14-5-8-17-40(36)32-42/h2-10,12-21,23-30,32-33,35,39H,1,11,22,31H2/b12-3-. The minimum Gasteiger partial charge on any atom is -0.460 e. The van der Waals surface area contributed by atoms with Crippen molar-refractivity contribution < 1.29 is 4.42 Å². The van der Waals surface area contributed by atoms with Crippen LogP contribution in [0.2, 0.25) is 0 Å². The molecule has 10 rings (SSSR count). The highest BCUT2D eigenvalue weighted by molar-refractivity contribution is 6.03. The van der Waals surface area contributed by atoms with Gasteiger partial charge < -0.3 is 4.42 Å². The summed E-state index contributed by atoms with van der Waals surface area (Å²) in [5, 5.41) is 5.83. The summed E-state index contributed by atoms with van der Waals surface area (Å²) in [4.78, 5) is 15.6. The van der Waals surface area contributed by atoms with Gasteiger partial charge >= 0.3 is 0 Å². The lowest BCUT2D eigenvalue weighted by molar-refractivity contribution is 0.546. The third-order valence-corrected chi connectivity index (χ3v) is 11.2. The summed E-state index contributed by atoms with van der Waals surface area (Å²) in [5.41, 5.74) is 8.34. The first-order chi connectivity index (χ1) is 27.7. The molecule has 4 heteroatoms. The minimum atomic E-state index is 0.338. The second kappa shape index (κ2) is 14.4. The SMILES string of the molecule is C=C/C=C\C1C=CC=CC1Cc1ccc(-c2nc(C3=CCCc4oc5c(-c6ccc7ccccc7c6)cccc5c43)nc(-c3ccc4ccccc4c3)n2)cc1. The van der Waals surface area contributed by atoms with Crippen molar-refractivity contribution in [2.75, 3.05) is 0 Å². The smallest absolute Gasteiger partial charge is 0.164 e. The van der Waals surface area contributed by atoms with Crippen LogP contribution < -0.4 is 0 Å². The van der Waals surface area contributed by atoms with Gasteiger partial charge in [-0.3, -0.25) is 0 Å². The lowest BCUT2D eigenvalue weighted by Crippen LogP contribution is -2.13. The van der Waals surface area contributed by atoms with Crippen LogP contribution >= 0.6 is 0 Å². The van der Waals surface area contributed by atoms with E-state index in [4.69, 9.17) is 19.4 Å². The van der Waals surface area contributed by atoms with E-state index >= 15 is 0 Å². The molecule has 4 nitrogen and oxygen atoms in total. The van der Waals surface area contributed by atoms with Gasteiger partial charge in [0.15, 0.2) is 17.5 Å². The Kier molecular flexibility index (Phi) is 8.64. The van der Waals surface area contributed by atoms with Crippen LogP contribution in [-0.4, -0.2) is 15.0 Å². The maximum atomic E-state index is 6.79. The van der Waals surface area contributed by atoms with Crippen molar-refractivity contribution >= 4 is 38.1 Å². The molecule has 0 N–H and O–H groups in total. The predicted octanol–water partition coefficient (Wildman–Crippen LogP) is 12.9. The third-order valence-electron chi connectivity index (χ3n) is 11.2. The molecule has 0 radical (unpaired) electrons. The van der Waals surface area contributed by atoms with Gasteiger partial charge in [0.25, 0.3) is 0 Å². The number of aryl methyl sites for hydroxylation is 1. The van der Waals surface area contributed by atoms with Gasteiger partial charge in [-0.25, -0.2) is 15.0 Å². The highest BCUT2D eigenvalue weighted by Crippen LogP contribution is 2.42. The van der Waals surface area contributed by atoms with Gasteiger partial charge in [-0.1, -0.05) is 170 Å². The van der Waals surface area contributed by atoms with Crippen molar-refractivity contribution in [2.45, 2.75) is 19.3 Å². The lowest BCUT2D eigenvalue weighted by Gasteiger charge is -2.21. The third kappa shape index (κ3) is 6.29. The number of hydrogen-bond donors (Lipinski definition) is 0. The van der Waals surface area contributed by atoms with Gasteiger partial charge in [-0.05, 0) is 63.6 Å². The van der Waals surface area contributed by atoms with Gasteiger partial charge in [-0.15, -0.1) is 0 Å². The van der Waals surface area contributed by atoms with Gasteiger partial charge in [0.05, 0.1) is 0 Å². The second-order valence-corrected chi connectivity index (χ2v) is 14.7. The molecule has 0 saturated carbocycles. The first kappa shape index (κ1) is 33.6. The van der Waals surface area contributed by atoms with Crippen molar-refractivity contribution in [1.82, 2.24) is 15.0 Å². The molecule has 56 heavy (non-hydrogen) atoms. The fraction of sp³-hybridized carbons (Fsp3) is 0.0962. The number of furan rings is 1. The Morgan fingerprint density at radius 3 is 2.07 bits per heavy atom. The van der Waals surface area contributed by atoms with E-state index in [2.05, 4.69) is 170 Å². The summed E-state index contributed by atoms with van der Waals surface area (Å²) in [6, 6.07) is 45.1. The summed E-state index contributed by atoms with van der Waals surface area (Å²) >= 11 is 0. The summed E-state index contributed by atoms with van der Waals surface area (Å²) < 4.78 is 6.79. The Morgan fingerprint density at radius 1 is 0.643 bits per heavy atom. The summed E-state index contributed by atoms with van der Waals surface area (Å²) in [7, 11) is 0. The fourth-order valence-electron chi connectivity index (χ4n) is 8.31. The molecule has 0 bridgehead atoms. The maximum Gasteiger partial charge on any atom is 0.164 e. The molecular weight excluding hydrogens is 683 g/mol. The van der Waals surface area contributed by atoms with Gasteiger partial charge in [0, 0.05) is 45.6 Å². The van der Waals surface area contributed by atoms with Gasteiger partial charge in [-0.2, -0.15) is 0 Å². The van der Waals surface area contributed by atoms with Gasteiger partial charge in [0.2, 0.25) is 0 Å². The second-order valence-electron chi connectivity index (χ2n) is 14.7. The molecule has 0 aliphatic heterocycles. The zero-order chi connectivity index (χ0) is 37.4. The Labute approximate surface area is 326 Å². The summed E-state index contributed by atoms with van der Waals surface area (Å²) in [6.07, 6.45) is 19.8. The molecule has 0 saturated heterocycles. The normalized spacial score (nSPS) is 16.5. The quantitative estimate of drug-likeness (QED) is 0.147. The number of para-hydroxylation sites is 1. The van der Waals surface area contributed by atoms with Crippen LogP contribution in [0.15, 0.2) is 187 Å². The zero-order valence-electron chi connectivity index (χ0n) is 31.0. The largest absolute Gasteiger partial charge is 0.460 e. The molecule has 268 valence electrons. The van der Waals surface area contributed by atoms with E-state index in [1.54, 1.807) is 0 Å². The number of benzene rings is 6. The number of allylic oxidation sites excluding steroid dienone is 8. The average Bonchev–Trinajstić information content (AvgIpc) is 3.65. The Hall–Kier alpha value is -6.91. The number of fused-ring (bicyclic) bond motifs is 5. The predicted molar refractivity (Wildman–Crippen MR) is 231 cm³/mol. The van der Waals surface area contributed by atoms with Crippen LogP contribution in [-0.2, 0) is 12.8 Å². The molecule has 2 aliphatic rings. The highest BCUT2D eigenvalue weighted by atomic mass is 16.3. The van der Waals surface area contributed by atoms with Crippen LogP contribution in [0.3, 0.4) is 0 Å². The van der Waals surface area contributed by atoms with Crippen LogP contribution in [0.25, 0.3) is 72.0 Å². The first-order valence-corrected chi connectivity index (χ1v) is 19.4. The molecular formula is C52H39N3O. The first-order valence-electron chi connectivity index (χ1n) is 19.4. The maximum absolute atomic E-state index is 6.79. The molecule has 2 atom stereocenters. The molecule has 2 heterocycles. The van der Waals surface area contributed by atoms with Crippen LogP contribution in [0.4, 0.5) is 0 Å². The molecule has 0 amide bonds. The Balaban J connectivity index is 1.07. The van der Waals surface area contributed by atoms with Crippen molar-refractivity contribution in [1.29, 1.82) is 0 Å². The van der Waals surface area contributed by atoms with Crippen molar-refractivity contribution in [2.24, 2.45) is 11.8 Å². The molecule has 0 spiro atoms. The van der Waals surface area contributed by atoms with E-state index < -0.39 is 0 Å². The van der Waals surface area contributed by atoms with Gasteiger partial charge in [0.1, 0.15) is 11.3 Å². The molecule has 8 aromatic rings. The Morgan fingerprint density at radius 2 is 1.30 bits per heavy atom. The van der Waals surface area contributed by atoms with E-state index in [0.717, 1.165) is 74.8 Å². The molecule has 6 aromatic carbocycles. The van der Waals surface area contributed by atoms with Crippen LogP contribution in [0.1, 0.15) is 29.1 Å². The number of hydrogen-bond acceptors (Lipinski definition) is 4. The topological polar surface area (TPSA) is 51.8 Å². The Bertz CT molecular complexity index is 2920. The van der Waals surface area contributed by atoms with E-state index in [-0.39, 0.29) is 0 Å². The number of nitrogens with zero attached hydrogens (tertiary/aromatic N) is 3. The van der Waals surface area contributed by atoms with E-state index in [1.165, 1.54) is 21.7 Å². The van der Waals surface area contributed by atoms with E-state index in [1.807, 2.05) is 12.2 Å². The monoisotopic (exact) mass is 721 g/mol. The summed E-state index contributed by atoms with van der Waals surface area (Å²) in [5.74, 6) is 3.63. The van der Waals surface area contributed by atoms with Crippen LogP contribution in [0, 0.1) is 11.8 Å². The zero-order valence-corrected chi connectivity index (χ0v) is 31.0. The molecule has 2 unspecified atom stereocenters. The fourth-order valence-corrected chi connectivity index (χ4v) is 8.31. The number of aromatic nitrogens is 3. The van der Waals surface area contributed by atoms with E-state index in [0.29, 0.717) is 29.3 Å². The van der Waals surface area contributed by atoms with Crippen molar-refractivity contribution in [3.05, 3.63) is 205 Å². The van der Waals surface area contributed by atoms with Crippen molar-refractivity contribution in [3.8, 4) is 33.9 Å². The lowest BCUT2D eigenvalue weighted by atomic mass is 9.83. The molecule has 2 aromatic heterocycles. The molecule has 2 aliphatic carbocycles. The summed E-state index contributed by atoms with van der Waals surface area (Å²) in [6.45, 7) is 3.86. The van der Waals surface area contributed by atoms with E-state index in [9.17, 15) is 0 Å². The van der Waals surface area contributed by atoms with Crippen molar-refractivity contribution in [3.63, 3.8) is 0 Å². The minimum absolute atomic E-state index is 0.338. The number of rotatable bonds is 8.